The molecule has 0 unspecified atom stereocenters. The summed E-state index contributed by atoms with van der Waals surface area (Å²) in [6, 6.07) is 11.7. The maximum atomic E-state index is 10.2. The summed E-state index contributed by atoms with van der Waals surface area (Å²) in [4.78, 5) is 0. The van der Waals surface area contributed by atoms with Gasteiger partial charge < -0.3 is 27.0 Å². The van der Waals surface area contributed by atoms with Gasteiger partial charge in [-0.1, -0.05) is 24.3 Å². The van der Waals surface area contributed by atoms with Crippen LogP contribution in [-0.2, 0) is 25.8 Å². The summed E-state index contributed by atoms with van der Waals surface area (Å²) < 4.78 is 0. The van der Waals surface area contributed by atoms with Crippen molar-refractivity contribution in [2.45, 2.75) is 38.6 Å². The molecule has 0 aliphatic rings. The molecule has 0 saturated heterocycles. The van der Waals surface area contributed by atoms with Gasteiger partial charge in [0.05, 0.1) is 0 Å². The maximum absolute atomic E-state index is 10.2. The molecule has 0 fully saturated rings. The van der Waals surface area contributed by atoms with E-state index in [0.717, 1.165) is 60.9 Å². The topological polar surface area (TPSA) is 105 Å². The van der Waals surface area contributed by atoms with Crippen LogP contribution in [-0.4, -0.2) is 29.8 Å². The summed E-state index contributed by atoms with van der Waals surface area (Å²) in [6.45, 7) is 2.61. The number of aromatic hydroxyl groups is 2. The molecule has 26 heavy (non-hydrogen) atoms. The zero-order chi connectivity index (χ0) is 18.8. The number of hydrogen-bond acceptors (Lipinski definition) is 5. The number of nitrogens with one attached hydrogen (secondary N) is 1. The fraction of sp³-hybridized carbons (Fsp3) is 0.429. The summed E-state index contributed by atoms with van der Waals surface area (Å²) in [5.41, 5.74) is 15.0. The van der Waals surface area contributed by atoms with Gasteiger partial charge >= 0.3 is 0 Å². The van der Waals surface area contributed by atoms with Crippen molar-refractivity contribution in [3.05, 3.63) is 58.7 Å². The van der Waals surface area contributed by atoms with Crippen molar-refractivity contribution >= 4 is 0 Å². The van der Waals surface area contributed by atoms with E-state index in [-0.39, 0.29) is 0 Å². The predicted octanol–water partition coefficient (Wildman–Crippen LogP) is 2.21. The summed E-state index contributed by atoms with van der Waals surface area (Å²) in [6.07, 6.45) is 4.46. The van der Waals surface area contributed by atoms with Crippen LogP contribution in [0.4, 0.5) is 0 Å². The van der Waals surface area contributed by atoms with Crippen LogP contribution in [0.3, 0.4) is 0 Å². The van der Waals surface area contributed by atoms with Crippen molar-refractivity contribution in [1.82, 2.24) is 5.32 Å². The Morgan fingerprint density at radius 3 is 1.88 bits per heavy atom. The Kier molecular flexibility index (Phi) is 8.41. The minimum atomic E-state index is 0.310. The third kappa shape index (κ3) is 6.33. The zero-order valence-electron chi connectivity index (χ0n) is 15.4. The first-order valence-electron chi connectivity index (χ1n) is 9.36. The summed E-state index contributed by atoms with van der Waals surface area (Å²) in [7, 11) is 0. The van der Waals surface area contributed by atoms with E-state index in [2.05, 4.69) is 11.4 Å². The lowest BCUT2D eigenvalue weighted by atomic mass is 9.99. The molecule has 0 atom stereocenters. The normalized spacial score (nSPS) is 11.0. The Morgan fingerprint density at radius 2 is 1.35 bits per heavy atom. The van der Waals surface area contributed by atoms with E-state index in [0.29, 0.717) is 31.1 Å². The molecule has 0 heterocycles. The highest BCUT2D eigenvalue weighted by atomic mass is 16.3. The quantitative estimate of drug-likeness (QED) is 0.397. The molecule has 7 N–H and O–H groups in total. The van der Waals surface area contributed by atoms with Crippen LogP contribution >= 0.6 is 0 Å². The van der Waals surface area contributed by atoms with E-state index in [1.54, 1.807) is 0 Å². The van der Waals surface area contributed by atoms with E-state index < -0.39 is 0 Å². The second-order valence-electron chi connectivity index (χ2n) is 6.64. The Hall–Kier alpha value is -2.08. The molecule has 142 valence electrons. The molecule has 5 nitrogen and oxygen atoms in total. The van der Waals surface area contributed by atoms with Crippen molar-refractivity contribution in [2.24, 2.45) is 11.5 Å². The number of phenols is 2. The van der Waals surface area contributed by atoms with Gasteiger partial charge in [0.1, 0.15) is 11.5 Å². The van der Waals surface area contributed by atoms with Crippen molar-refractivity contribution in [1.29, 1.82) is 0 Å². The van der Waals surface area contributed by atoms with Gasteiger partial charge in [0.25, 0.3) is 0 Å². The molecule has 5 heteroatoms. The second-order valence-corrected chi connectivity index (χ2v) is 6.64. The van der Waals surface area contributed by atoms with Crippen molar-refractivity contribution in [3.63, 3.8) is 0 Å². The average Bonchev–Trinajstić information content (AvgIpc) is 2.63. The number of rotatable bonds is 11. The molecule has 2 aromatic carbocycles. The van der Waals surface area contributed by atoms with Gasteiger partial charge in [0.2, 0.25) is 0 Å². The SMILES string of the molecule is NCCCCc1ccc(CCc2ccc(CNCCN)c(O)c2)cc1O. The van der Waals surface area contributed by atoms with E-state index in [9.17, 15) is 10.2 Å². The predicted molar refractivity (Wildman–Crippen MR) is 106 cm³/mol. The number of nitrogens with two attached hydrogens (primary N) is 2. The summed E-state index contributed by atoms with van der Waals surface area (Å²) >= 11 is 0. The third-order valence-electron chi connectivity index (χ3n) is 4.54. The van der Waals surface area contributed by atoms with Crippen molar-refractivity contribution < 1.29 is 10.2 Å². The Labute approximate surface area is 156 Å². The molecule has 0 saturated carbocycles. The number of phenolic OH excluding ortho intramolecular Hbond substituents is 2. The number of unbranched alkanes of at least 4 members (excludes halogenated alkanes) is 1. The molecular weight excluding hydrogens is 326 g/mol. The van der Waals surface area contributed by atoms with E-state index in [1.165, 1.54) is 0 Å². The molecule has 0 aromatic heterocycles. The molecule has 0 spiro atoms. The molecule has 2 rings (SSSR count). The molecule has 0 amide bonds. The largest absolute Gasteiger partial charge is 0.508 e. The Balaban J connectivity index is 1.89. The number of benzene rings is 2. The van der Waals surface area contributed by atoms with Gasteiger partial charge in [-0.25, -0.2) is 0 Å². The lowest BCUT2D eigenvalue weighted by Gasteiger charge is -2.10. The minimum absolute atomic E-state index is 0.310. The monoisotopic (exact) mass is 357 g/mol. The van der Waals surface area contributed by atoms with Gasteiger partial charge in [-0.05, 0) is 67.5 Å². The second kappa shape index (κ2) is 10.8. The van der Waals surface area contributed by atoms with Crippen molar-refractivity contribution in [3.8, 4) is 11.5 Å². The smallest absolute Gasteiger partial charge is 0.120 e. The third-order valence-corrected chi connectivity index (χ3v) is 4.54. The highest BCUT2D eigenvalue weighted by Gasteiger charge is 2.06. The van der Waals surface area contributed by atoms with Crippen LogP contribution < -0.4 is 16.8 Å². The number of hydrogen-bond donors (Lipinski definition) is 5. The average molecular weight is 357 g/mol. The maximum Gasteiger partial charge on any atom is 0.120 e. The summed E-state index contributed by atoms with van der Waals surface area (Å²) in [5.74, 6) is 0.675. The van der Waals surface area contributed by atoms with E-state index in [4.69, 9.17) is 11.5 Å². The van der Waals surface area contributed by atoms with Gasteiger partial charge in [-0.15, -0.1) is 0 Å². The molecule has 0 bridgehead atoms. The molecule has 2 aromatic rings. The highest BCUT2D eigenvalue weighted by Crippen LogP contribution is 2.23. The fourth-order valence-corrected chi connectivity index (χ4v) is 2.96. The highest BCUT2D eigenvalue weighted by molar-refractivity contribution is 5.39. The van der Waals surface area contributed by atoms with E-state index >= 15 is 0 Å². The molecule has 0 aliphatic carbocycles. The van der Waals surface area contributed by atoms with Gasteiger partial charge in [0, 0.05) is 25.2 Å². The number of aryl methyl sites for hydroxylation is 3. The summed E-state index contributed by atoms with van der Waals surface area (Å²) in [5, 5.41) is 23.5. The zero-order valence-corrected chi connectivity index (χ0v) is 15.4. The lowest BCUT2D eigenvalue weighted by Crippen LogP contribution is -2.21. The molecule has 0 aliphatic heterocycles. The molecular formula is C21H31N3O2. The lowest BCUT2D eigenvalue weighted by molar-refractivity contribution is 0.463. The van der Waals surface area contributed by atoms with Crippen LogP contribution in [0.5, 0.6) is 11.5 Å². The van der Waals surface area contributed by atoms with Crippen molar-refractivity contribution in [2.75, 3.05) is 19.6 Å². The van der Waals surface area contributed by atoms with Crippen LogP contribution in [0.2, 0.25) is 0 Å². The first-order valence-corrected chi connectivity index (χ1v) is 9.36. The van der Waals surface area contributed by atoms with Gasteiger partial charge in [0.15, 0.2) is 0 Å². The minimum Gasteiger partial charge on any atom is -0.508 e. The first kappa shape index (κ1) is 20.2. The Morgan fingerprint density at radius 1 is 0.731 bits per heavy atom. The van der Waals surface area contributed by atoms with Crippen LogP contribution in [0, 0.1) is 0 Å². The van der Waals surface area contributed by atoms with Gasteiger partial charge in [-0.2, -0.15) is 0 Å². The fourth-order valence-electron chi connectivity index (χ4n) is 2.96. The van der Waals surface area contributed by atoms with E-state index in [1.807, 2.05) is 30.3 Å². The van der Waals surface area contributed by atoms with Crippen LogP contribution in [0.25, 0.3) is 0 Å². The first-order chi connectivity index (χ1) is 12.6. The van der Waals surface area contributed by atoms with Crippen LogP contribution in [0.1, 0.15) is 35.1 Å². The van der Waals surface area contributed by atoms with Gasteiger partial charge in [-0.3, -0.25) is 0 Å². The standard InChI is InChI=1S/C21H31N3O2/c22-10-2-1-3-18-8-6-16(13-20(18)25)4-5-17-7-9-19(21(26)14-17)15-24-12-11-23/h6-9,13-14,24-26H,1-5,10-12,15,22-23H2. The molecule has 0 radical (unpaired) electrons. The Bertz CT molecular complexity index is 629. The van der Waals surface area contributed by atoms with Crippen LogP contribution in [0.15, 0.2) is 36.4 Å².